The lowest BCUT2D eigenvalue weighted by atomic mass is 9.99. The molecule has 1 aliphatic rings. The van der Waals surface area contributed by atoms with Crippen LogP contribution in [0.1, 0.15) is 58.3 Å². The second kappa shape index (κ2) is 10.2. The van der Waals surface area contributed by atoms with E-state index in [-0.39, 0.29) is 5.56 Å². The summed E-state index contributed by atoms with van der Waals surface area (Å²) < 4.78 is 7.11. The van der Waals surface area contributed by atoms with E-state index in [1.165, 1.54) is 37.8 Å². The number of aromatic nitrogens is 2. The topological polar surface area (TPSA) is 68.5 Å². The van der Waals surface area contributed by atoms with E-state index in [1.54, 1.807) is 4.57 Å². The molecule has 0 unspecified atom stereocenters. The molecular formula is C21H30N4O2. The van der Waals surface area contributed by atoms with Gasteiger partial charge < -0.3 is 4.74 Å². The average molecular weight is 370 g/mol. The van der Waals surface area contributed by atoms with Crippen molar-refractivity contribution >= 4 is 22.6 Å². The quantitative estimate of drug-likeness (QED) is 0.582. The standard InChI is InChI=1S/C21H30N4O2/c1-2-27-16-10-15-25-20(26)18-13-8-9-14-19(18)22-21(25)24-23-17-11-6-4-3-5-7-12-17/h8-9,13-14H,2-7,10-12,15-16H2,1H3,(H,22,24). The number of anilines is 1. The number of rotatable bonds is 7. The smallest absolute Gasteiger partial charge is 0.262 e. The van der Waals surface area contributed by atoms with Crippen LogP contribution < -0.4 is 11.0 Å². The van der Waals surface area contributed by atoms with Crippen molar-refractivity contribution in [1.29, 1.82) is 0 Å². The van der Waals surface area contributed by atoms with Gasteiger partial charge in [-0.15, -0.1) is 0 Å². The molecule has 0 bridgehead atoms. The van der Waals surface area contributed by atoms with Crippen molar-refractivity contribution in [1.82, 2.24) is 9.55 Å². The normalized spacial score (nSPS) is 15.4. The summed E-state index contributed by atoms with van der Waals surface area (Å²) in [4.78, 5) is 17.6. The summed E-state index contributed by atoms with van der Waals surface area (Å²) >= 11 is 0. The molecule has 27 heavy (non-hydrogen) atoms. The van der Waals surface area contributed by atoms with E-state index in [9.17, 15) is 4.79 Å². The second-order valence-electron chi connectivity index (χ2n) is 7.02. The van der Waals surface area contributed by atoms with Gasteiger partial charge in [0.2, 0.25) is 5.95 Å². The molecule has 0 amide bonds. The number of nitrogens with one attached hydrogen (secondary N) is 1. The number of nitrogens with zero attached hydrogens (tertiary/aromatic N) is 3. The Hall–Kier alpha value is -2.21. The van der Waals surface area contributed by atoms with E-state index in [0.29, 0.717) is 36.6 Å². The lowest BCUT2D eigenvalue weighted by Crippen LogP contribution is -2.25. The first-order valence-electron chi connectivity index (χ1n) is 10.2. The summed E-state index contributed by atoms with van der Waals surface area (Å²) in [5.74, 6) is 0.518. The first-order chi connectivity index (χ1) is 13.3. The molecule has 1 fully saturated rings. The van der Waals surface area contributed by atoms with Crippen molar-refractivity contribution < 1.29 is 4.74 Å². The minimum absolute atomic E-state index is 0.0301. The van der Waals surface area contributed by atoms with E-state index in [1.807, 2.05) is 31.2 Å². The van der Waals surface area contributed by atoms with Gasteiger partial charge in [-0.05, 0) is 51.2 Å². The highest BCUT2D eigenvalue weighted by Crippen LogP contribution is 2.16. The van der Waals surface area contributed by atoms with Gasteiger partial charge in [-0.2, -0.15) is 5.10 Å². The van der Waals surface area contributed by atoms with Crippen LogP contribution in [0.5, 0.6) is 0 Å². The molecule has 0 radical (unpaired) electrons. The summed E-state index contributed by atoms with van der Waals surface area (Å²) in [6.45, 7) is 3.85. The van der Waals surface area contributed by atoms with Gasteiger partial charge in [0, 0.05) is 25.5 Å². The third-order valence-electron chi connectivity index (χ3n) is 4.98. The zero-order chi connectivity index (χ0) is 18.9. The Morgan fingerprint density at radius 1 is 1.15 bits per heavy atom. The zero-order valence-corrected chi connectivity index (χ0v) is 16.2. The van der Waals surface area contributed by atoms with Gasteiger partial charge in [0.25, 0.3) is 5.56 Å². The van der Waals surface area contributed by atoms with Gasteiger partial charge in [0.15, 0.2) is 0 Å². The zero-order valence-electron chi connectivity index (χ0n) is 16.2. The van der Waals surface area contributed by atoms with Gasteiger partial charge in [-0.1, -0.05) is 31.4 Å². The average Bonchev–Trinajstić information content (AvgIpc) is 2.66. The number of hydrazone groups is 1. The highest BCUT2D eigenvalue weighted by atomic mass is 16.5. The van der Waals surface area contributed by atoms with E-state index < -0.39 is 0 Å². The molecule has 1 aliphatic carbocycles. The van der Waals surface area contributed by atoms with Crippen LogP contribution in [0, 0.1) is 0 Å². The van der Waals surface area contributed by atoms with Crippen LogP contribution >= 0.6 is 0 Å². The van der Waals surface area contributed by atoms with Gasteiger partial charge in [-0.25, -0.2) is 10.4 Å². The molecule has 6 nitrogen and oxygen atoms in total. The molecule has 1 aromatic heterocycles. The largest absolute Gasteiger partial charge is 0.382 e. The molecule has 0 spiro atoms. The Labute approximate surface area is 160 Å². The van der Waals surface area contributed by atoms with Crippen molar-refractivity contribution in [2.75, 3.05) is 18.6 Å². The van der Waals surface area contributed by atoms with Gasteiger partial charge in [0.05, 0.1) is 10.9 Å². The highest BCUT2D eigenvalue weighted by Gasteiger charge is 2.11. The molecule has 6 heteroatoms. The Bertz CT molecular complexity index is 819. The Morgan fingerprint density at radius 3 is 2.67 bits per heavy atom. The summed E-state index contributed by atoms with van der Waals surface area (Å²) in [5.41, 5.74) is 4.95. The van der Waals surface area contributed by atoms with Crippen molar-refractivity contribution in [3.63, 3.8) is 0 Å². The van der Waals surface area contributed by atoms with Crippen LogP contribution in [-0.2, 0) is 11.3 Å². The second-order valence-corrected chi connectivity index (χ2v) is 7.02. The molecule has 1 aromatic carbocycles. The first-order valence-corrected chi connectivity index (χ1v) is 10.2. The van der Waals surface area contributed by atoms with E-state index >= 15 is 0 Å². The maximum Gasteiger partial charge on any atom is 0.262 e. The van der Waals surface area contributed by atoms with Gasteiger partial charge >= 0.3 is 0 Å². The van der Waals surface area contributed by atoms with E-state index in [4.69, 9.17) is 4.74 Å². The molecule has 1 heterocycles. The maximum absolute atomic E-state index is 13.0. The van der Waals surface area contributed by atoms with Crippen molar-refractivity contribution in [3.8, 4) is 0 Å². The monoisotopic (exact) mass is 370 g/mol. The number of hydrogen-bond donors (Lipinski definition) is 1. The number of benzene rings is 1. The van der Waals surface area contributed by atoms with Crippen molar-refractivity contribution in [3.05, 3.63) is 34.6 Å². The molecule has 1 N–H and O–H groups in total. The Balaban J connectivity index is 1.85. The minimum atomic E-state index is -0.0301. The third-order valence-corrected chi connectivity index (χ3v) is 4.98. The number of hydrogen-bond acceptors (Lipinski definition) is 5. The van der Waals surface area contributed by atoms with Crippen LogP contribution in [0.4, 0.5) is 5.95 Å². The van der Waals surface area contributed by atoms with E-state index in [2.05, 4.69) is 15.5 Å². The Morgan fingerprint density at radius 2 is 1.89 bits per heavy atom. The number of fused-ring (bicyclic) bond motifs is 1. The van der Waals surface area contributed by atoms with Crippen LogP contribution in [0.25, 0.3) is 10.9 Å². The van der Waals surface area contributed by atoms with Crippen molar-refractivity contribution in [2.24, 2.45) is 5.10 Å². The molecular weight excluding hydrogens is 340 g/mol. The summed E-state index contributed by atoms with van der Waals surface area (Å²) in [5, 5.41) is 5.26. The van der Waals surface area contributed by atoms with Gasteiger partial charge in [-0.3, -0.25) is 9.36 Å². The van der Waals surface area contributed by atoms with Crippen molar-refractivity contribution in [2.45, 2.75) is 64.8 Å². The van der Waals surface area contributed by atoms with E-state index in [0.717, 1.165) is 19.3 Å². The third kappa shape index (κ3) is 5.39. The van der Waals surface area contributed by atoms with Crippen LogP contribution in [-0.4, -0.2) is 28.5 Å². The fraction of sp³-hybridized carbons (Fsp3) is 0.571. The molecule has 0 saturated heterocycles. The molecule has 3 rings (SSSR count). The maximum atomic E-state index is 13.0. The first kappa shape index (κ1) is 19.5. The Kier molecular flexibility index (Phi) is 7.39. The lowest BCUT2D eigenvalue weighted by molar-refractivity contribution is 0.141. The SMILES string of the molecule is CCOCCCn1c(NN=C2CCCCCCC2)nc2ccccc2c1=O. The minimum Gasteiger partial charge on any atom is -0.382 e. The van der Waals surface area contributed by atoms with Gasteiger partial charge in [0.1, 0.15) is 0 Å². The highest BCUT2D eigenvalue weighted by molar-refractivity contribution is 5.85. The molecule has 146 valence electrons. The summed E-state index contributed by atoms with van der Waals surface area (Å²) in [6.07, 6.45) is 9.06. The predicted molar refractivity (Wildman–Crippen MR) is 110 cm³/mol. The summed E-state index contributed by atoms with van der Waals surface area (Å²) in [6, 6.07) is 7.47. The molecule has 1 saturated carbocycles. The number of para-hydroxylation sites is 1. The predicted octanol–water partition coefficient (Wildman–Crippen LogP) is 4.34. The lowest BCUT2D eigenvalue weighted by Gasteiger charge is -2.15. The fourth-order valence-electron chi connectivity index (χ4n) is 3.48. The van der Waals surface area contributed by atoms with Crippen LogP contribution in [0.3, 0.4) is 0 Å². The fourth-order valence-corrected chi connectivity index (χ4v) is 3.48. The number of ether oxygens (including phenoxy) is 1. The van der Waals surface area contributed by atoms with Crippen LogP contribution in [0.2, 0.25) is 0 Å². The molecule has 0 aliphatic heterocycles. The summed E-state index contributed by atoms with van der Waals surface area (Å²) in [7, 11) is 0. The molecule has 2 aromatic rings. The molecule has 0 atom stereocenters. The van der Waals surface area contributed by atoms with Crippen LogP contribution in [0.15, 0.2) is 34.2 Å².